The number of hydrogen-bond acceptors (Lipinski definition) is 2. The molecule has 0 unspecified atom stereocenters. The number of aromatic nitrogens is 1. The van der Waals surface area contributed by atoms with Gasteiger partial charge in [-0.3, -0.25) is 9.78 Å². The van der Waals surface area contributed by atoms with Crippen molar-refractivity contribution in [2.75, 3.05) is 0 Å². The molecule has 0 bridgehead atoms. The molecule has 0 aliphatic rings. The van der Waals surface area contributed by atoms with Crippen LogP contribution in [0.25, 0.3) is 0 Å². The zero-order valence-corrected chi connectivity index (χ0v) is 8.87. The van der Waals surface area contributed by atoms with E-state index in [2.05, 4.69) is 4.98 Å². The van der Waals surface area contributed by atoms with E-state index in [0.717, 1.165) is 0 Å². The molecule has 0 spiro atoms. The van der Waals surface area contributed by atoms with Gasteiger partial charge in [-0.1, -0.05) is 0 Å². The molecule has 4 heteroatoms. The Labute approximate surface area is 101 Å². The Hall–Kier alpha value is 0.256. The number of nitrogens with two attached hydrogens (primary N) is 1. The summed E-state index contributed by atoms with van der Waals surface area (Å²) in [4.78, 5) is 14.1. The van der Waals surface area contributed by atoms with Crippen LogP contribution >= 0.6 is 0 Å². The molecule has 0 saturated heterocycles. The smallest absolute Gasteiger partial charge is 0.250 e. The standard InChI is InChI=1S/C6H6N2O.K/c7-6(9)5-2-1-3-8-4-5;/h1-4H,(H2,7,9);. The third-order valence-corrected chi connectivity index (χ3v) is 0.946. The first kappa shape index (κ1) is 10.3. The van der Waals surface area contributed by atoms with E-state index in [0.29, 0.717) is 5.56 Å². The molecule has 1 heterocycles. The number of nitrogens with zero attached hydrogens (tertiary/aromatic N) is 1. The second-order valence-electron chi connectivity index (χ2n) is 1.61. The monoisotopic (exact) mass is 161 g/mol. The third kappa shape index (κ3) is 2.89. The van der Waals surface area contributed by atoms with Crippen LogP contribution in [-0.2, 0) is 0 Å². The van der Waals surface area contributed by atoms with Crippen molar-refractivity contribution < 1.29 is 4.79 Å². The average molecular weight is 161 g/mol. The van der Waals surface area contributed by atoms with Gasteiger partial charge in [-0.25, -0.2) is 0 Å². The van der Waals surface area contributed by atoms with Gasteiger partial charge in [-0.2, -0.15) is 0 Å². The Kier molecular flexibility index (Phi) is 5.11. The van der Waals surface area contributed by atoms with E-state index in [4.69, 9.17) is 5.73 Å². The maximum Gasteiger partial charge on any atom is 0.250 e. The number of carbonyl (C=O) groups excluding carboxylic acids is 1. The first-order chi connectivity index (χ1) is 4.30. The minimum absolute atomic E-state index is 0. The molecule has 1 rings (SSSR count). The molecule has 0 atom stereocenters. The molecule has 10 heavy (non-hydrogen) atoms. The van der Waals surface area contributed by atoms with Gasteiger partial charge in [-0.15, -0.1) is 0 Å². The van der Waals surface area contributed by atoms with Gasteiger partial charge in [0.25, 0.3) is 0 Å². The molecule has 0 aromatic carbocycles. The Balaban J connectivity index is 0.000000810. The zero-order valence-electron chi connectivity index (χ0n) is 5.74. The number of primary amides is 1. The maximum atomic E-state index is 10.4. The van der Waals surface area contributed by atoms with E-state index in [1.807, 2.05) is 0 Å². The third-order valence-electron chi connectivity index (χ3n) is 0.946. The fourth-order valence-electron chi connectivity index (χ4n) is 0.509. The van der Waals surface area contributed by atoms with Gasteiger partial charge in [0.1, 0.15) is 0 Å². The van der Waals surface area contributed by atoms with Crippen molar-refractivity contribution in [3.8, 4) is 0 Å². The van der Waals surface area contributed by atoms with Crippen LogP contribution in [-0.4, -0.2) is 62.3 Å². The molecule has 0 saturated carbocycles. The summed E-state index contributed by atoms with van der Waals surface area (Å²) >= 11 is 0. The quantitative estimate of drug-likeness (QED) is 0.580. The molecule has 1 aromatic heterocycles. The van der Waals surface area contributed by atoms with Crippen LogP contribution in [0.5, 0.6) is 0 Å². The maximum absolute atomic E-state index is 10.4. The normalized spacial score (nSPS) is 8.00. The fraction of sp³-hybridized carbons (Fsp3) is 0. The van der Waals surface area contributed by atoms with Crippen molar-refractivity contribution in [3.05, 3.63) is 30.1 Å². The van der Waals surface area contributed by atoms with Crippen LogP contribution in [0.2, 0.25) is 0 Å². The van der Waals surface area contributed by atoms with Crippen LogP contribution < -0.4 is 5.73 Å². The van der Waals surface area contributed by atoms with Crippen molar-refractivity contribution in [3.63, 3.8) is 0 Å². The van der Waals surface area contributed by atoms with E-state index in [1.165, 1.54) is 6.20 Å². The van der Waals surface area contributed by atoms with Crippen molar-refractivity contribution >= 4 is 57.3 Å². The second-order valence-corrected chi connectivity index (χ2v) is 1.61. The number of hydrogen-bond donors (Lipinski definition) is 1. The SMILES string of the molecule is NC(=O)c1cccnc1.[K]. The summed E-state index contributed by atoms with van der Waals surface area (Å²) in [6.45, 7) is 0. The predicted octanol–water partition coefficient (Wildman–Crippen LogP) is -0.200. The second kappa shape index (κ2) is 4.98. The number of carbonyl (C=O) groups is 1. The van der Waals surface area contributed by atoms with E-state index in [1.54, 1.807) is 18.3 Å². The van der Waals surface area contributed by atoms with E-state index in [-0.39, 0.29) is 51.4 Å². The zero-order chi connectivity index (χ0) is 6.69. The Morgan fingerprint density at radius 1 is 1.60 bits per heavy atom. The molecule has 0 fully saturated rings. The van der Waals surface area contributed by atoms with Gasteiger partial charge in [0.2, 0.25) is 5.91 Å². The van der Waals surface area contributed by atoms with E-state index in [9.17, 15) is 4.79 Å². The number of pyridine rings is 1. The fourth-order valence-corrected chi connectivity index (χ4v) is 0.509. The van der Waals surface area contributed by atoms with Gasteiger partial charge in [0.15, 0.2) is 0 Å². The van der Waals surface area contributed by atoms with Crippen LogP contribution in [0.15, 0.2) is 24.5 Å². The summed E-state index contributed by atoms with van der Waals surface area (Å²) in [5.41, 5.74) is 5.38. The molecular formula is C6H6KN2O. The first-order valence-electron chi connectivity index (χ1n) is 2.50. The first-order valence-corrected chi connectivity index (χ1v) is 2.50. The topological polar surface area (TPSA) is 56.0 Å². The molecule has 1 amide bonds. The Bertz CT molecular complexity index is 212. The summed E-state index contributed by atoms with van der Waals surface area (Å²) in [6.07, 6.45) is 3.02. The van der Waals surface area contributed by atoms with Gasteiger partial charge in [0, 0.05) is 63.8 Å². The van der Waals surface area contributed by atoms with E-state index >= 15 is 0 Å². The summed E-state index contributed by atoms with van der Waals surface area (Å²) in [5, 5.41) is 0. The molecule has 0 aliphatic heterocycles. The van der Waals surface area contributed by atoms with Crippen LogP contribution in [0.4, 0.5) is 0 Å². The minimum atomic E-state index is -0.442. The van der Waals surface area contributed by atoms with Crippen molar-refractivity contribution in [2.45, 2.75) is 0 Å². The molecule has 3 nitrogen and oxygen atoms in total. The molecule has 1 radical (unpaired) electrons. The number of amides is 1. The van der Waals surface area contributed by atoms with Crippen molar-refractivity contribution in [2.24, 2.45) is 5.73 Å². The molecule has 1 aromatic rings. The van der Waals surface area contributed by atoms with Gasteiger partial charge in [0.05, 0.1) is 5.56 Å². The van der Waals surface area contributed by atoms with Crippen LogP contribution in [0, 0.1) is 0 Å². The Morgan fingerprint density at radius 2 is 2.30 bits per heavy atom. The average Bonchev–Trinajstić information content (AvgIpc) is 1.90. The van der Waals surface area contributed by atoms with Crippen LogP contribution in [0.1, 0.15) is 10.4 Å². The van der Waals surface area contributed by atoms with Gasteiger partial charge in [-0.05, 0) is 12.1 Å². The predicted molar refractivity (Wildman–Crippen MR) is 38.5 cm³/mol. The van der Waals surface area contributed by atoms with Gasteiger partial charge < -0.3 is 5.73 Å². The molecule has 0 aliphatic carbocycles. The number of rotatable bonds is 1. The summed E-state index contributed by atoms with van der Waals surface area (Å²) in [6, 6.07) is 3.29. The van der Waals surface area contributed by atoms with Crippen LogP contribution in [0.3, 0.4) is 0 Å². The summed E-state index contributed by atoms with van der Waals surface area (Å²) in [5.74, 6) is -0.442. The minimum Gasteiger partial charge on any atom is -0.366 e. The largest absolute Gasteiger partial charge is 0.366 e. The van der Waals surface area contributed by atoms with Crippen molar-refractivity contribution in [1.29, 1.82) is 0 Å². The summed E-state index contributed by atoms with van der Waals surface area (Å²) in [7, 11) is 0. The molecule has 47 valence electrons. The molecule has 2 N–H and O–H groups in total. The van der Waals surface area contributed by atoms with Crippen molar-refractivity contribution in [1.82, 2.24) is 4.98 Å². The van der Waals surface area contributed by atoms with Gasteiger partial charge >= 0.3 is 0 Å². The van der Waals surface area contributed by atoms with E-state index < -0.39 is 5.91 Å². The molecular weight excluding hydrogens is 155 g/mol. The summed E-state index contributed by atoms with van der Waals surface area (Å²) < 4.78 is 0. The Morgan fingerprint density at radius 3 is 2.60 bits per heavy atom.